The number of methoxy groups -OCH3 is 1. The van der Waals surface area contributed by atoms with E-state index in [0.717, 1.165) is 24.7 Å². The fourth-order valence-corrected chi connectivity index (χ4v) is 3.02. The van der Waals surface area contributed by atoms with Crippen LogP contribution in [0.1, 0.15) is 19.3 Å². The number of nitrogens with zero attached hydrogens (tertiary/aromatic N) is 1. The van der Waals surface area contributed by atoms with Crippen molar-refractivity contribution >= 4 is 0 Å². The highest BCUT2D eigenvalue weighted by atomic mass is 16.5. The Kier molecular flexibility index (Phi) is 5.54. The highest BCUT2D eigenvalue weighted by molar-refractivity contribution is 5.65. The van der Waals surface area contributed by atoms with Gasteiger partial charge in [-0.3, -0.25) is 4.90 Å². The second kappa shape index (κ2) is 8.02. The standard InChI is InChI=1S/C20H25NO2/c1-22-19-10-8-17(9-11-19)18-6-5-7-20(16-18)23-15-14-21-12-3-2-4-13-21/h5-11,16H,2-4,12-15H2,1H3. The molecule has 23 heavy (non-hydrogen) atoms. The minimum Gasteiger partial charge on any atom is -0.497 e. The van der Waals surface area contributed by atoms with Crippen LogP contribution in [0.5, 0.6) is 11.5 Å². The van der Waals surface area contributed by atoms with E-state index in [9.17, 15) is 0 Å². The normalized spacial score (nSPS) is 15.3. The first-order valence-electron chi connectivity index (χ1n) is 8.45. The lowest BCUT2D eigenvalue weighted by molar-refractivity contribution is 0.183. The zero-order chi connectivity index (χ0) is 15.9. The molecule has 0 amide bonds. The summed E-state index contributed by atoms with van der Waals surface area (Å²) in [5.41, 5.74) is 2.34. The third-order valence-corrected chi connectivity index (χ3v) is 4.38. The summed E-state index contributed by atoms with van der Waals surface area (Å²) < 4.78 is 11.2. The molecular weight excluding hydrogens is 286 g/mol. The summed E-state index contributed by atoms with van der Waals surface area (Å²) >= 11 is 0. The minimum atomic E-state index is 0.756. The van der Waals surface area contributed by atoms with Crippen LogP contribution in [0.4, 0.5) is 0 Å². The van der Waals surface area contributed by atoms with E-state index in [1.165, 1.54) is 43.5 Å². The predicted octanol–water partition coefficient (Wildman–Crippen LogP) is 4.23. The molecule has 2 aromatic rings. The van der Waals surface area contributed by atoms with Gasteiger partial charge in [0.2, 0.25) is 0 Å². The Morgan fingerprint density at radius 1 is 0.870 bits per heavy atom. The summed E-state index contributed by atoms with van der Waals surface area (Å²) in [5, 5.41) is 0. The lowest BCUT2D eigenvalue weighted by Crippen LogP contribution is -2.33. The zero-order valence-corrected chi connectivity index (χ0v) is 13.8. The monoisotopic (exact) mass is 311 g/mol. The average Bonchev–Trinajstić information content (AvgIpc) is 2.63. The van der Waals surface area contributed by atoms with Crippen LogP contribution in [0.15, 0.2) is 48.5 Å². The Bertz CT molecular complexity index is 603. The number of piperidine rings is 1. The van der Waals surface area contributed by atoms with Crippen molar-refractivity contribution in [2.45, 2.75) is 19.3 Å². The van der Waals surface area contributed by atoms with Crippen molar-refractivity contribution in [3.63, 3.8) is 0 Å². The molecule has 1 aliphatic heterocycles. The van der Waals surface area contributed by atoms with Crippen LogP contribution < -0.4 is 9.47 Å². The molecule has 1 heterocycles. The summed E-state index contributed by atoms with van der Waals surface area (Å²) in [6.45, 7) is 4.21. The number of rotatable bonds is 6. The van der Waals surface area contributed by atoms with Crippen molar-refractivity contribution in [2.75, 3.05) is 33.4 Å². The first kappa shape index (κ1) is 15.9. The SMILES string of the molecule is COc1ccc(-c2cccc(OCCN3CCCCC3)c2)cc1. The molecule has 1 saturated heterocycles. The quantitative estimate of drug-likeness (QED) is 0.797. The summed E-state index contributed by atoms with van der Waals surface area (Å²) in [6.07, 6.45) is 4.03. The van der Waals surface area contributed by atoms with Crippen molar-refractivity contribution in [1.29, 1.82) is 0 Å². The lowest BCUT2D eigenvalue weighted by Gasteiger charge is -2.26. The Morgan fingerprint density at radius 3 is 2.39 bits per heavy atom. The number of ether oxygens (including phenoxy) is 2. The molecule has 1 fully saturated rings. The fraction of sp³-hybridized carbons (Fsp3) is 0.400. The van der Waals surface area contributed by atoms with E-state index in [2.05, 4.69) is 35.2 Å². The van der Waals surface area contributed by atoms with Gasteiger partial charge in [-0.05, 0) is 61.3 Å². The van der Waals surface area contributed by atoms with Crippen LogP contribution in [0.2, 0.25) is 0 Å². The number of hydrogen-bond donors (Lipinski definition) is 0. The first-order valence-corrected chi connectivity index (χ1v) is 8.45. The van der Waals surface area contributed by atoms with E-state index in [1.54, 1.807) is 7.11 Å². The first-order chi connectivity index (χ1) is 11.3. The van der Waals surface area contributed by atoms with Crippen LogP contribution >= 0.6 is 0 Å². The predicted molar refractivity (Wildman–Crippen MR) is 94.2 cm³/mol. The van der Waals surface area contributed by atoms with Crippen molar-refractivity contribution in [2.24, 2.45) is 0 Å². The number of benzene rings is 2. The van der Waals surface area contributed by atoms with Crippen molar-refractivity contribution in [3.8, 4) is 22.6 Å². The van der Waals surface area contributed by atoms with Gasteiger partial charge in [-0.2, -0.15) is 0 Å². The topological polar surface area (TPSA) is 21.7 Å². The Balaban J connectivity index is 1.58. The van der Waals surface area contributed by atoms with Crippen LogP contribution in [0.3, 0.4) is 0 Å². The van der Waals surface area contributed by atoms with E-state index < -0.39 is 0 Å². The average molecular weight is 311 g/mol. The van der Waals surface area contributed by atoms with Crippen molar-refractivity contribution in [3.05, 3.63) is 48.5 Å². The maximum atomic E-state index is 5.95. The molecular formula is C20H25NO2. The fourth-order valence-electron chi connectivity index (χ4n) is 3.02. The van der Waals surface area contributed by atoms with Crippen LogP contribution in [-0.2, 0) is 0 Å². The molecule has 0 aliphatic carbocycles. The van der Waals surface area contributed by atoms with E-state index >= 15 is 0 Å². The van der Waals surface area contributed by atoms with Crippen LogP contribution in [-0.4, -0.2) is 38.3 Å². The third kappa shape index (κ3) is 4.49. The lowest BCUT2D eigenvalue weighted by atomic mass is 10.1. The molecule has 0 aromatic heterocycles. The molecule has 0 atom stereocenters. The molecule has 0 radical (unpaired) electrons. The van der Waals surface area contributed by atoms with Crippen LogP contribution in [0.25, 0.3) is 11.1 Å². The van der Waals surface area contributed by atoms with E-state index in [-0.39, 0.29) is 0 Å². The van der Waals surface area contributed by atoms with Crippen molar-refractivity contribution in [1.82, 2.24) is 4.90 Å². The van der Waals surface area contributed by atoms with Gasteiger partial charge in [-0.15, -0.1) is 0 Å². The molecule has 0 unspecified atom stereocenters. The maximum absolute atomic E-state index is 5.95. The zero-order valence-electron chi connectivity index (χ0n) is 13.8. The summed E-state index contributed by atoms with van der Waals surface area (Å²) in [5.74, 6) is 1.82. The molecule has 3 heteroatoms. The van der Waals surface area contributed by atoms with E-state index in [1.807, 2.05) is 18.2 Å². The molecule has 0 spiro atoms. The number of likely N-dealkylation sites (tertiary alicyclic amines) is 1. The third-order valence-electron chi connectivity index (χ3n) is 4.38. The Morgan fingerprint density at radius 2 is 1.65 bits per heavy atom. The van der Waals surface area contributed by atoms with Gasteiger partial charge in [-0.1, -0.05) is 30.7 Å². The van der Waals surface area contributed by atoms with Gasteiger partial charge in [0.05, 0.1) is 7.11 Å². The van der Waals surface area contributed by atoms with Gasteiger partial charge >= 0.3 is 0 Å². The molecule has 1 aliphatic rings. The summed E-state index contributed by atoms with van der Waals surface area (Å²) in [4.78, 5) is 2.50. The summed E-state index contributed by atoms with van der Waals surface area (Å²) in [7, 11) is 1.69. The Labute approximate surface area is 138 Å². The molecule has 0 N–H and O–H groups in total. The van der Waals surface area contributed by atoms with Gasteiger partial charge in [0.15, 0.2) is 0 Å². The molecule has 3 nitrogen and oxygen atoms in total. The molecule has 3 rings (SSSR count). The van der Waals surface area contributed by atoms with Gasteiger partial charge in [-0.25, -0.2) is 0 Å². The Hall–Kier alpha value is -2.00. The van der Waals surface area contributed by atoms with Gasteiger partial charge < -0.3 is 9.47 Å². The van der Waals surface area contributed by atoms with Gasteiger partial charge in [0, 0.05) is 6.54 Å². The summed E-state index contributed by atoms with van der Waals surface area (Å²) in [6, 6.07) is 16.4. The largest absolute Gasteiger partial charge is 0.497 e. The van der Waals surface area contributed by atoms with Crippen LogP contribution in [0, 0.1) is 0 Å². The number of hydrogen-bond acceptors (Lipinski definition) is 3. The van der Waals surface area contributed by atoms with E-state index in [0.29, 0.717) is 0 Å². The second-order valence-electron chi connectivity index (χ2n) is 6.01. The van der Waals surface area contributed by atoms with E-state index in [4.69, 9.17) is 9.47 Å². The van der Waals surface area contributed by atoms with Gasteiger partial charge in [0.25, 0.3) is 0 Å². The molecule has 122 valence electrons. The highest BCUT2D eigenvalue weighted by Crippen LogP contribution is 2.25. The minimum absolute atomic E-state index is 0.756. The molecule has 2 aromatic carbocycles. The highest BCUT2D eigenvalue weighted by Gasteiger charge is 2.09. The molecule has 0 saturated carbocycles. The maximum Gasteiger partial charge on any atom is 0.119 e. The second-order valence-corrected chi connectivity index (χ2v) is 6.01. The smallest absolute Gasteiger partial charge is 0.119 e. The van der Waals surface area contributed by atoms with Crippen molar-refractivity contribution < 1.29 is 9.47 Å². The molecule has 0 bridgehead atoms. The van der Waals surface area contributed by atoms with Gasteiger partial charge in [0.1, 0.15) is 18.1 Å².